The van der Waals surface area contributed by atoms with Gasteiger partial charge in [0.05, 0.1) is 11.3 Å². The summed E-state index contributed by atoms with van der Waals surface area (Å²) < 4.78 is 77.8. The van der Waals surface area contributed by atoms with Gasteiger partial charge in [0.15, 0.2) is 0 Å². The van der Waals surface area contributed by atoms with Gasteiger partial charge < -0.3 is 4.74 Å². The third-order valence-corrected chi connectivity index (χ3v) is 2.63. The molecule has 1 aromatic carbocycles. The maximum absolute atomic E-state index is 12.8. The number of ether oxygens (including phenoxy) is 1. The first-order chi connectivity index (χ1) is 8.92. The molecule has 0 N–H and O–H groups in total. The van der Waals surface area contributed by atoms with Crippen molar-refractivity contribution in [2.24, 2.45) is 0 Å². The zero-order valence-corrected chi connectivity index (χ0v) is 11.2. The molecule has 0 saturated carbocycles. The van der Waals surface area contributed by atoms with Gasteiger partial charge >= 0.3 is 12.5 Å². The van der Waals surface area contributed by atoms with Crippen molar-refractivity contribution in [3.8, 4) is 5.75 Å². The lowest BCUT2D eigenvalue weighted by atomic mass is 10.1. The first-order valence-electron chi connectivity index (χ1n) is 4.46. The number of halogens is 9. The molecule has 0 radical (unpaired) electrons. The Morgan fingerprint density at radius 2 is 1.50 bits per heavy atom. The molecule has 12 heteroatoms. The fraction of sp³-hybridized carbons (Fsp3) is 0.250. The Morgan fingerprint density at radius 3 is 1.90 bits per heavy atom. The number of rotatable bonds is 3. The van der Waals surface area contributed by atoms with E-state index in [0.717, 1.165) is 0 Å². The van der Waals surface area contributed by atoms with Crippen molar-refractivity contribution < 1.29 is 31.1 Å². The zero-order chi connectivity index (χ0) is 15.7. The Balaban J connectivity index is 3.28. The third-order valence-electron chi connectivity index (χ3n) is 1.84. The molecular formula is C8H3Cl3F6N2O. The number of hydrazine groups is 1. The number of hydrogen-bond donors (Lipinski definition) is 0. The van der Waals surface area contributed by atoms with Crippen LogP contribution in [0.15, 0.2) is 18.2 Å². The van der Waals surface area contributed by atoms with Crippen molar-refractivity contribution in [3.63, 3.8) is 0 Å². The second kappa shape index (κ2) is 5.92. The van der Waals surface area contributed by atoms with Crippen molar-refractivity contribution in [2.75, 3.05) is 4.53 Å². The summed E-state index contributed by atoms with van der Waals surface area (Å²) in [5.74, 6) is -1.06. The zero-order valence-electron chi connectivity index (χ0n) is 8.94. The number of benzene rings is 1. The van der Waals surface area contributed by atoms with Crippen LogP contribution in [0.4, 0.5) is 32.0 Å². The van der Waals surface area contributed by atoms with Gasteiger partial charge in [0, 0.05) is 35.3 Å². The highest BCUT2D eigenvalue weighted by atomic mass is 35.5. The normalized spacial score (nSPS) is 12.7. The SMILES string of the molecule is FC(F)(F)Oc1ccc(N(Cl)N(Cl)Cl)c(C(F)(F)F)c1. The number of hydrogen-bond acceptors (Lipinski definition) is 3. The van der Waals surface area contributed by atoms with Gasteiger partial charge in [-0.3, -0.25) is 0 Å². The Bertz CT molecular complexity index is 478. The lowest BCUT2D eigenvalue weighted by molar-refractivity contribution is -0.274. The number of anilines is 1. The standard InChI is InChI=1S/C8H3Cl3F6N2O/c9-18(19(10)11)6-2-1-4(20-8(15,16)17)3-5(6)7(12,13)14/h1-3H. The van der Waals surface area contributed by atoms with Crippen molar-refractivity contribution >= 4 is 41.0 Å². The molecule has 0 heterocycles. The Kier molecular flexibility index (Phi) is 5.12. The summed E-state index contributed by atoms with van der Waals surface area (Å²) in [7, 11) is 0. The van der Waals surface area contributed by atoms with Gasteiger partial charge in [-0.2, -0.15) is 17.7 Å². The molecule has 0 amide bonds. The largest absolute Gasteiger partial charge is 0.573 e. The van der Waals surface area contributed by atoms with E-state index in [2.05, 4.69) is 4.74 Å². The molecule has 0 aliphatic heterocycles. The first kappa shape index (κ1) is 17.3. The smallest absolute Gasteiger partial charge is 0.406 e. The molecule has 1 rings (SSSR count). The van der Waals surface area contributed by atoms with E-state index in [1.165, 1.54) is 0 Å². The van der Waals surface area contributed by atoms with Crippen LogP contribution in [0.25, 0.3) is 0 Å². The minimum atomic E-state index is -5.13. The highest BCUT2D eigenvalue weighted by molar-refractivity contribution is 6.40. The maximum Gasteiger partial charge on any atom is 0.573 e. The van der Waals surface area contributed by atoms with Crippen LogP contribution >= 0.6 is 35.3 Å². The van der Waals surface area contributed by atoms with Gasteiger partial charge in [0.2, 0.25) is 0 Å². The topological polar surface area (TPSA) is 15.7 Å². The minimum Gasteiger partial charge on any atom is -0.406 e. The van der Waals surface area contributed by atoms with Crippen LogP contribution in [0.5, 0.6) is 5.75 Å². The molecule has 0 spiro atoms. The van der Waals surface area contributed by atoms with Crippen LogP contribution in [0.1, 0.15) is 5.56 Å². The molecule has 20 heavy (non-hydrogen) atoms. The molecule has 0 aromatic heterocycles. The second-order valence-electron chi connectivity index (χ2n) is 3.20. The Labute approximate surface area is 123 Å². The molecular weight excluding hydrogens is 360 g/mol. The lowest BCUT2D eigenvalue weighted by Crippen LogP contribution is -2.23. The van der Waals surface area contributed by atoms with Gasteiger partial charge in [-0.05, 0) is 22.2 Å². The monoisotopic (exact) mass is 362 g/mol. The van der Waals surface area contributed by atoms with Crippen LogP contribution in [0, 0.1) is 0 Å². The van der Waals surface area contributed by atoms with Gasteiger partial charge in [-0.15, -0.1) is 13.2 Å². The van der Waals surface area contributed by atoms with Crippen LogP contribution in [0.3, 0.4) is 0 Å². The molecule has 114 valence electrons. The van der Waals surface area contributed by atoms with Gasteiger partial charge in [0.25, 0.3) is 0 Å². The quantitative estimate of drug-likeness (QED) is 0.423. The summed E-state index contributed by atoms with van der Waals surface area (Å²) in [5, 5.41) is 0. The predicted molar refractivity (Wildman–Crippen MR) is 60.0 cm³/mol. The third kappa shape index (κ3) is 4.65. The van der Waals surface area contributed by atoms with Gasteiger partial charge in [-0.1, -0.05) is 0 Å². The fourth-order valence-electron chi connectivity index (χ4n) is 1.18. The van der Waals surface area contributed by atoms with E-state index in [-0.39, 0.29) is 14.6 Å². The van der Waals surface area contributed by atoms with Crippen LogP contribution in [0.2, 0.25) is 0 Å². The van der Waals surface area contributed by atoms with E-state index in [9.17, 15) is 26.3 Å². The summed E-state index contributed by atoms with van der Waals surface area (Å²) in [6.45, 7) is 0. The van der Waals surface area contributed by atoms with Crippen molar-refractivity contribution in [1.29, 1.82) is 0 Å². The maximum atomic E-state index is 12.8. The Hall–Kier alpha value is -0.770. The summed E-state index contributed by atoms with van der Waals surface area (Å²) in [6.07, 6.45) is -10.1. The molecule has 0 aliphatic carbocycles. The Morgan fingerprint density at radius 1 is 0.950 bits per heavy atom. The van der Waals surface area contributed by atoms with Crippen molar-refractivity contribution in [2.45, 2.75) is 12.5 Å². The van der Waals surface area contributed by atoms with E-state index < -0.39 is 29.5 Å². The average molecular weight is 363 g/mol. The number of alkyl halides is 6. The van der Waals surface area contributed by atoms with Crippen LogP contribution < -0.4 is 9.26 Å². The van der Waals surface area contributed by atoms with Crippen molar-refractivity contribution in [3.05, 3.63) is 23.8 Å². The molecule has 0 saturated heterocycles. The summed E-state index contributed by atoms with van der Waals surface area (Å²) >= 11 is 15.7. The highest BCUT2D eigenvalue weighted by Crippen LogP contribution is 2.41. The number of nitrogens with zero attached hydrogens (tertiary/aromatic N) is 2. The second-order valence-corrected chi connectivity index (χ2v) is 4.33. The molecule has 0 bridgehead atoms. The predicted octanol–water partition coefficient (Wildman–Crippen LogP) is 5.09. The van der Waals surface area contributed by atoms with Gasteiger partial charge in [-0.25, -0.2) is 0 Å². The molecule has 0 atom stereocenters. The molecule has 1 aromatic rings. The minimum absolute atomic E-state index is 0.0659. The lowest BCUT2D eigenvalue weighted by Gasteiger charge is -2.22. The molecule has 0 unspecified atom stereocenters. The average Bonchev–Trinajstić information content (AvgIpc) is 2.24. The van der Waals surface area contributed by atoms with Gasteiger partial charge in [0.1, 0.15) is 5.75 Å². The molecule has 0 aliphatic rings. The van der Waals surface area contributed by atoms with E-state index in [1.807, 2.05) is 0 Å². The van der Waals surface area contributed by atoms with E-state index in [4.69, 9.17) is 35.3 Å². The van der Waals surface area contributed by atoms with Crippen LogP contribution in [-0.4, -0.2) is 10.4 Å². The first-order valence-corrected chi connectivity index (χ1v) is 5.48. The molecule has 0 fully saturated rings. The summed E-state index contributed by atoms with van der Waals surface area (Å²) in [6, 6.07) is 1.37. The highest BCUT2D eigenvalue weighted by Gasteiger charge is 2.38. The van der Waals surface area contributed by atoms with E-state index >= 15 is 0 Å². The van der Waals surface area contributed by atoms with Crippen LogP contribution in [-0.2, 0) is 6.18 Å². The van der Waals surface area contributed by atoms with Crippen molar-refractivity contribution in [1.82, 2.24) is 4.05 Å². The fourth-order valence-corrected chi connectivity index (χ4v) is 1.49. The summed E-state index contributed by atoms with van der Waals surface area (Å²) in [5.41, 5.74) is -2.29. The summed E-state index contributed by atoms with van der Waals surface area (Å²) in [4.78, 5) is 0. The van der Waals surface area contributed by atoms with E-state index in [0.29, 0.717) is 12.1 Å². The van der Waals surface area contributed by atoms with E-state index in [1.54, 1.807) is 0 Å². The molecule has 3 nitrogen and oxygen atoms in total.